The third-order valence-corrected chi connectivity index (χ3v) is 13.3. The summed E-state index contributed by atoms with van der Waals surface area (Å²) in [5.74, 6) is 0. The average molecular weight is 632 g/mol. The van der Waals surface area contributed by atoms with Crippen molar-refractivity contribution in [2.75, 3.05) is 0 Å². The molecule has 3 aliphatic rings. The minimum Gasteiger partial charge on any atom is -0.309 e. The lowest BCUT2D eigenvalue weighted by Gasteiger charge is -2.19. The van der Waals surface area contributed by atoms with Gasteiger partial charge in [0.2, 0.25) is 0 Å². The van der Waals surface area contributed by atoms with E-state index in [1.165, 1.54) is 102 Å². The number of benzene rings is 7. The Morgan fingerprint density at radius 1 is 0.617 bits per heavy atom. The largest absolute Gasteiger partial charge is 0.309 e. The predicted molar refractivity (Wildman–Crippen MR) is 203 cm³/mol. The molecule has 1 unspecified atom stereocenters. The number of thiophene rings is 1. The minimum atomic E-state index is 0.410. The van der Waals surface area contributed by atoms with Crippen LogP contribution >= 0.6 is 23.1 Å². The molecule has 12 rings (SSSR count). The molecule has 47 heavy (non-hydrogen) atoms. The van der Waals surface area contributed by atoms with E-state index in [4.69, 9.17) is 0 Å². The summed E-state index contributed by atoms with van der Waals surface area (Å²) in [4.78, 5) is 1.44. The van der Waals surface area contributed by atoms with Gasteiger partial charge in [0.1, 0.15) is 0 Å². The van der Waals surface area contributed by atoms with Crippen LogP contribution < -0.4 is 5.35 Å². The van der Waals surface area contributed by atoms with E-state index in [1.807, 2.05) is 23.1 Å². The van der Waals surface area contributed by atoms with Gasteiger partial charge in [-0.05, 0) is 80.4 Å². The fraction of sp³-hybridized carbons (Fsp3) is 0.0455. The Kier molecular flexibility index (Phi) is 4.71. The highest BCUT2D eigenvalue weighted by atomic mass is 32.2. The van der Waals surface area contributed by atoms with E-state index in [0.717, 1.165) is 6.42 Å². The summed E-state index contributed by atoms with van der Waals surface area (Å²) in [5, 5.41) is 11.8. The van der Waals surface area contributed by atoms with Gasteiger partial charge >= 0.3 is 0 Å². The van der Waals surface area contributed by atoms with Crippen LogP contribution in [0.3, 0.4) is 0 Å². The summed E-state index contributed by atoms with van der Waals surface area (Å²) in [6, 6.07) is 43.1. The third-order valence-electron chi connectivity index (χ3n) is 10.8. The Bertz CT molecular complexity index is 2960. The van der Waals surface area contributed by atoms with E-state index in [-0.39, 0.29) is 0 Å². The monoisotopic (exact) mass is 631 g/mol. The van der Waals surface area contributed by atoms with Crippen molar-refractivity contribution in [1.82, 2.24) is 4.57 Å². The number of hydrogen-bond donors (Lipinski definition) is 0. The molecule has 3 heterocycles. The lowest BCUT2D eigenvalue weighted by atomic mass is 9.84. The van der Waals surface area contributed by atoms with Crippen molar-refractivity contribution in [3.63, 3.8) is 0 Å². The average Bonchev–Trinajstić information content (AvgIpc) is 3.82. The Hall–Kier alpha value is -5.09. The second kappa shape index (κ2) is 8.83. The maximum Gasteiger partial charge on any atom is 0.0547 e. The van der Waals surface area contributed by atoms with E-state index in [1.54, 1.807) is 5.56 Å². The normalized spacial score (nSPS) is 15.8. The van der Waals surface area contributed by atoms with Gasteiger partial charge in [-0.15, -0.1) is 23.1 Å². The zero-order chi connectivity index (χ0) is 30.4. The molecule has 218 valence electrons. The summed E-state index contributed by atoms with van der Waals surface area (Å²) in [6.07, 6.45) is 8.22. The SMILES string of the molecule is C1=CC2Sc3ccc4c5c3c2c2c1ccc1c2c5c(n1-c1cccc(-c2cccc3c2sc2c(-c5ccccc5)cccc23)c1)=CC4. The fourth-order valence-electron chi connectivity index (χ4n) is 8.86. The van der Waals surface area contributed by atoms with E-state index >= 15 is 0 Å². The number of rotatable bonds is 3. The molecule has 0 bridgehead atoms. The fourth-order valence-corrected chi connectivity index (χ4v) is 11.5. The molecule has 3 heteroatoms. The van der Waals surface area contributed by atoms with Crippen molar-refractivity contribution >= 4 is 87.9 Å². The van der Waals surface area contributed by atoms with E-state index in [2.05, 4.69) is 138 Å². The standard InChI is InChI=1S/C44H25NS2/c1-2-7-24(8-3-1)29-11-5-13-31-32-14-6-12-30(44(32)47-43(29)31)27-9-4-10-28(23-27)45-33-19-15-25-17-21-35-41-37(25)39(33)40-34(45)20-16-26-18-22-36(46-35)42(41)38(26)40/h1-15,17-23,35H,16H2. The molecule has 9 aromatic rings. The van der Waals surface area contributed by atoms with Gasteiger partial charge in [0.15, 0.2) is 0 Å². The highest BCUT2D eigenvalue weighted by Gasteiger charge is 2.34. The molecule has 0 spiro atoms. The van der Waals surface area contributed by atoms with Crippen molar-refractivity contribution in [3.8, 4) is 27.9 Å². The molecule has 0 fully saturated rings. The minimum absolute atomic E-state index is 0.410. The lowest BCUT2D eigenvalue weighted by molar-refractivity contribution is 1.08. The molecule has 1 nitrogen and oxygen atoms in total. The van der Waals surface area contributed by atoms with E-state index in [0.29, 0.717) is 5.25 Å². The molecule has 7 aromatic carbocycles. The van der Waals surface area contributed by atoms with Crippen LogP contribution in [0.5, 0.6) is 0 Å². The summed E-state index contributed by atoms with van der Waals surface area (Å²) in [7, 11) is 0. The number of thioether (sulfide) groups is 1. The van der Waals surface area contributed by atoms with Crippen molar-refractivity contribution in [2.45, 2.75) is 16.6 Å². The van der Waals surface area contributed by atoms with Gasteiger partial charge < -0.3 is 4.57 Å². The second-order valence-corrected chi connectivity index (χ2v) is 15.3. The quantitative estimate of drug-likeness (QED) is 0.176. The zero-order valence-electron chi connectivity index (χ0n) is 25.2. The van der Waals surface area contributed by atoms with Gasteiger partial charge in [-0.2, -0.15) is 0 Å². The lowest BCUT2D eigenvalue weighted by Crippen LogP contribution is -2.17. The first-order valence-corrected chi connectivity index (χ1v) is 18.1. The van der Waals surface area contributed by atoms with Crippen LogP contribution in [0.4, 0.5) is 0 Å². The van der Waals surface area contributed by atoms with Crippen LogP contribution in [0.1, 0.15) is 21.9 Å². The van der Waals surface area contributed by atoms with Gasteiger partial charge in [0, 0.05) is 46.9 Å². The maximum atomic E-state index is 2.55. The molecule has 2 aliphatic carbocycles. The molecule has 0 saturated heterocycles. The highest BCUT2D eigenvalue weighted by molar-refractivity contribution is 8.00. The van der Waals surface area contributed by atoms with Gasteiger partial charge in [-0.3, -0.25) is 0 Å². The molecule has 0 amide bonds. The van der Waals surface area contributed by atoms with Gasteiger partial charge in [-0.25, -0.2) is 0 Å². The van der Waals surface area contributed by atoms with Crippen molar-refractivity contribution in [3.05, 3.63) is 143 Å². The van der Waals surface area contributed by atoms with Crippen molar-refractivity contribution < 1.29 is 0 Å². The molecule has 0 saturated carbocycles. The van der Waals surface area contributed by atoms with Gasteiger partial charge in [0.25, 0.3) is 0 Å². The number of nitrogens with zero attached hydrogens (tertiary/aromatic N) is 1. The number of fused-ring (bicyclic) bond motifs is 3. The maximum absolute atomic E-state index is 2.55. The summed E-state index contributed by atoms with van der Waals surface area (Å²) < 4.78 is 5.26. The Morgan fingerprint density at radius 3 is 2.26 bits per heavy atom. The molecule has 1 atom stereocenters. The van der Waals surface area contributed by atoms with Crippen molar-refractivity contribution in [1.29, 1.82) is 0 Å². The smallest absolute Gasteiger partial charge is 0.0547 e. The summed E-state index contributed by atoms with van der Waals surface area (Å²) in [5.41, 5.74) is 12.1. The van der Waals surface area contributed by atoms with E-state index < -0.39 is 0 Å². The van der Waals surface area contributed by atoms with Gasteiger partial charge in [-0.1, -0.05) is 109 Å². The van der Waals surface area contributed by atoms with E-state index in [9.17, 15) is 0 Å². The Morgan fingerprint density at radius 2 is 1.40 bits per heavy atom. The second-order valence-electron chi connectivity index (χ2n) is 13.1. The van der Waals surface area contributed by atoms with Crippen LogP contribution in [-0.4, -0.2) is 4.57 Å². The molecular formula is C44H25NS2. The first kappa shape index (κ1) is 25.1. The van der Waals surface area contributed by atoms with Gasteiger partial charge in [0.05, 0.1) is 16.1 Å². The molecule has 0 N–H and O–H groups in total. The molecule has 1 aliphatic heterocycles. The number of hydrogen-bond acceptors (Lipinski definition) is 2. The first-order chi connectivity index (χ1) is 23.3. The highest BCUT2D eigenvalue weighted by Crippen LogP contribution is 2.57. The summed E-state index contributed by atoms with van der Waals surface area (Å²) >= 11 is 3.95. The number of aromatic nitrogens is 1. The summed E-state index contributed by atoms with van der Waals surface area (Å²) in [6.45, 7) is 0. The van der Waals surface area contributed by atoms with Crippen LogP contribution in [0.15, 0.2) is 126 Å². The molecular weight excluding hydrogens is 607 g/mol. The Labute approximate surface area is 279 Å². The first-order valence-electron chi connectivity index (χ1n) is 16.4. The zero-order valence-corrected chi connectivity index (χ0v) is 26.9. The molecule has 2 aromatic heterocycles. The Balaban J connectivity index is 1.13. The van der Waals surface area contributed by atoms with Crippen LogP contribution in [0.25, 0.3) is 92.7 Å². The predicted octanol–water partition coefficient (Wildman–Crippen LogP) is 11.9. The third kappa shape index (κ3) is 3.12. The molecule has 0 radical (unpaired) electrons. The topological polar surface area (TPSA) is 4.93 Å². The van der Waals surface area contributed by atoms with Crippen LogP contribution in [0.2, 0.25) is 0 Å². The van der Waals surface area contributed by atoms with Crippen LogP contribution in [-0.2, 0) is 6.42 Å². The van der Waals surface area contributed by atoms with Crippen molar-refractivity contribution in [2.24, 2.45) is 0 Å². The van der Waals surface area contributed by atoms with Crippen LogP contribution in [0, 0.1) is 0 Å².